The van der Waals surface area contributed by atoms with Crippen molar-refractivity contribution in [2.45, 2.75) is 36.7 Å². The van der Waals surface area contributed by atoms with Crippen LogP contribution in [0.25, 0.3) is 0 Å². The first-order valence-electron chi connectivity index (χ1n) is 6.72. The maximum atomic E-state index is 12.4. The summed E-state index contributed by atoms with van der Waals surface area (Å²) in [6.07, 6.45) is 1.82. The molecule has 3 rings (SSSR count). The third-order valence-corrected chi connectivity index (χ3v) is 5.21. The number of benzene rings is 1. The second kappa shape index (κ2) is 6.39. The molecule has 6 nitrogen and oxygen atoms in total. The molecule has 0 aliphatic carbocycles. The van der Waals surface area contributed by atoms with Gasteiger partial charge in [0.1, 0.15) is 0 Å². The standard InChI is InChI=1S/C13H18N2O4S.ClH/c1-9-11(3-2-6-14-9)15-20(16,17)10-4-5-12-13(7-10)19-8-18-12;/h4-5,7,9,11,14-15H,2-3,6,8H2,1H3;1H. The molecule has 1 fully saturated rings. The van der Waals surface area contributed by atoms with E-state index in [9.17, 15) is 8.42 Å². The van der Waals surface area contributed by atoms with Gasteiger partial charge in [-0.25, -0.2) is 13.1 Å². The number of sulfonamides is 1. The predicted molar refractivity (Wildman–Crippen MR) is 80.6 cm³/mol. The molecule has 0 bridgehead atoms. The first-order valence-corrected chi connectivity index (χ1v) is 8.20. The summed E-state index contributed by atoms with van der Waals surface area (Å²) in [5, 5.41) is 3.28. The van der Waals surface area contributed by atoms with E-state index in [1.165, 1.54) is 12.1 Å². The Morgan fingerprint density at radius 1 is 1.29 bits per heavy atom. The Morgan fingerprint density at radius 2 is 2.05 bits per heavy atom. The van der Waals surface area contributed by atoms with Crippen molar-refractivity contribution in [2.24, 2.45) is 0 Å². The zero-order valence-electron chi connectivity index (χ0n) is 11.7. The Labute approximate surface area is 130 Å². The Morgan fingerprint density at radius 3 is 2.81 bits per heavy atom. The largest absolute Gasteiger partial charge is 0.454 e. The van der Waals surface area contributed by atoms with Crippen LogP contribution in [0.15, 0.2) is 23.1 Å². The van der Waals surface area contributed by atoms with Gasteiger partial charge in [0.15, 0.2) is 11.5 Å². The van der Waals surface area contributed by atoms with Gasteiger partial charge in [0, 0.05) is 18.2 Å². The summed E-state index contributed by atoms with van der Waals surface area (Å²) in [5.41, 5.74) is 0. The Kier molecular flexibility index (Phi) is 4.98. The van der Waals surface area contributed by atoms with Crippen LogP contribution >= 0.6 is 12.4 Å². The van der Waals surface area contributed by atoms with E-state index in [2.05, 4.69) is 10.0 Å². The molecular formula is C13H19ClN2O4S. The molecule has 0 saturated carbocycles. The van der Waals surface area contributed by atoms with Crippen LogP contribution in [0.4, 0.5) is 0 Å². The lowest BCUT2D eigenvalue weighted by molar-refractivity contribution is 0.174. The van der Waals surface area contributed by atoms with Gasteiger partial charge in [0.2, 0.25) is 16.8 Å². The van der Waals surface area contributed by atoms with Crippen molar-refractivity contribution in [2.75, 3.05) is 13.3 Å². The molecule has 2 heterocycles. The van der Waals surface area contributed by atoms with Gasteiger partial charge in [0.05, 0.1) is 4.90 Å². The van der Waals surface area contributed by atoms with E-state index in [0.29, 0.717) is 11.5 Å². The number of ether oxygens (including phenoxy) is 2. The van der Waals surface area contributed by atoms with E-state index >= 15 is 0 Å². The first kappa shape index (κ1) is 16.4. The number of hydrogen-bond donors (Lipinski definition) is 2. The Balaban J connectivity index is 0.00000161. The summed E-state index contributed by atoms with van der Waals surface area (Å²) in [6.45, 7) is 3.06. The van der Waals surface area contributed by atoms with Gasteiger partial charge < -0.3 is 14.8 Å². The monoisotopic (exact) mass is 334 g/mol. The summed E-state index contributed by atoms with van der Waals surface area (Å²) in [6, 6.07) is 4.72. The number of nitrogens with one attached hydrogen (secondary N) is 2. The van der Waals surface area contributed by atoms with Crippen molar-refractivity contribution in [1.29, 1.82) is 0 Å². The van der Waals surface area contributed by atoms with Gasteiger partial charge in [-0.1, -0.05) is 0 Å². The smallest absolute Gasteiger partial charge is 0.241 e. The molecule has 118 valence electrons. The van der Waals surface area contributed by atoms with Crippen molar-refractivity contribution in [3.63, 3.8) is 0 Å². The molecule has 1 aromatic rings. The average Bonchev–Trinajstić information content (AvgIpc) is 2.88. The minimum atomic E-state index is -3.54. The fraction of sp³-hybridized carbons (Fsp3) is 0.538. The molecule has 1 saturated heterocycles. The topological polar surface area (TPSA) is 76.7 Å². The van der Waals surface area contributed by atoms with E-state index in [0.717, 1.165) is 19.4 Å². The van der Waals surface area contributed by atoms with E-state index in [1.54, 1.807) is 6.07 Å². The second-order valence-corrected chi connectivity index (χ2v) is 6.84. The van der Waals surface area contributed by atoms with Crippen LogP contribution in [-0.2, 0) is 10.0 Å². The summed E-state index contributed by atoms with van der Waals surface area (Å²) >= 11 is 0. The van der Waals surface area contributed by atoms with Crippen LogP contribution in [0.3, 0.4) is 0 Å². The molecule has 0 amide bonds. The van der Waals surface area contributed by atoms with Crippen molar-refractivity contribution < 1.29 is 17.9 Å². The zero-order valence-corrected chi connectivity index (χ0v) is 13.3. The fourth-order valence-electron chi connectivity index (χ4n) is 2.52. The van der Waals surface area contributed by atoms with Gasteiger partial charge in [-0.05, 0) is 38.4 Å². The summed E-state index contributed by atoms with van der Waals surface area (Å²) in [4.78, 5) is 0.208. The molecule has 1 aromatic carbocycles. The first-order chi connectivity index (χ1) is 9.56. The molecule has 0 spiro atoms. The maximum Gasteiger partial charge on any atom is 0.241 e. The van der Waals surface area contributed by atoms with Crippen molar-refractivity contribution in [3.05, 3.63) is 18.2 Å². The molecule has 2 aliphatic heterocycles. The quantitative estimate of drug-likeness (QED) is 0.870. The second-order valence-electron chi connectivity index (χ2n) is 5.13. The molecular weight excluding hydrogens is 316 g/mol. The van der Waals surface area contributed by atoms with E-state index < -0.39 is 10.0 Å². The van der Waals surface area contributed by atoms with Crippen LogP contribution in [-0.4, -0.2) is 33.8 Å². The molecule has 2 aliphatic rings. The SMILES string of the molecule is CC1NCCCC1NS(=O)(=O)c1ccc2c(c1)OCO2.Cl. The molecule has 0 aromatic heterocycles. The third kappa shape index (κ3) is 3.42. The molecule has 21 heavy (non-hydrogen) atoms. The van der Waals surface area contributed by atoms with Crippen LogP contribution in [0.2, 0.25) is 0 Å². The maximum absolute atomic E-state index is 12.4. The molecule has 0 radical (unpaired) electrons. The van der Waals surface area contributed by atoms with Crippen molar-refractivity contribution >= 4 is 22.4 Å². The molecule has 2 atom stereocenters. The summed E-state index contributed by atoms with van der Waals surface area (Å²) in [7, 11) is -3.54. The minimum Gasteiger partial charge on any atom is -0.454 e. The van der Waals surface area contributed by atoms with E-state index in [-0.39, 0.29) is 36.2 Å². The Hall–Kier alpha value is -1.02. The van der Waals surface area contributed by atoms with Gasteiger partial charge in [-0.2, -0.15) is 0 Å². The van der Waals surface area contributed by atoms with Crippen molar-refractivity contribution in [3.8, 4) is 11.5 Å². The number of halogens is 1. The number of fused-ring (bicyclic) bond motifs is 1. The summed E-state index contributed by atoms with van der Waals surface area (Å²) in [5.74, 6) is 1.05. The van der Waals surface area contributed by atoms with E-state index in [4.69, 9.17) is 9.47 Å². The predicted octanol–water partition coefficient (Wildman–Crippen LogP) is 1.26. The van der Waals surface area contributed by atoms with Crippen LogP contribution in [0, 0.1) is 0 Å². The highest BCUT2D eigenvalue weighted by Gasteiger charge is 2.27. The molecule has 2 N–H and O–H groups in total. The minimum absolute atomic E-state index is 0. The lowest BCUT2D eigenvalue weighted by Gasteiger charge is -2.30. The summed E-state index contributed by atoms with van der Waals surface area (Å²) < 4.78 is 38.0. The fourth-order valence-corrected chi connectivity index (χ4v) is 3.88. The lowest BCUT2D eigenvalue weighted by atomic mass is 10.0. The number of rotatable bonds is 3. The average molecular weight is 335 g/mol. The van der Waals surface area contributed by atoms with Crippen LogP contribution in [0.1, 0.15) is 19.8 Å². The van der Waals surface area contributed by atoms with Crippen LogP contribution in [0.5, 0.6) is 11.5 Å². The van der Waals surface area contributed by atoms with Gasteiger partial charge in [-0.3, -0.25) is 0 Å². The van der Waals surface area contributed by atoms with Crippen LogP contribution < -0.4 is 19.5 Å². The molecule has 2 unspecified atom stereocenters. The number of piperidine rings is 1. The Bertz CT molecular complexity index is 608. The highest BCUT2D eigenvalue weighted by Crippen LogP contribution is 2.33. The third-order valence-electron chi connectivity index (χ3n) is 3.72. The van der Waals surface area contributed by atoms with Gasteiger partial charge >= 0.3 is 0 Å². The number of hydrogen-bond acceptors (Lipinski definition) is 5. The lowest BCUT2D eigenvalue weighted by Crippen LogP contribution is -2.51. The van der Waals surface area contributed by atoms with Gasteiger partial charge in [-0.15, -0.1) is 12.4 Å². The van der Waals surface area contributed by atoms with E-state index in [1.807, 2.05) is 6.92 Å². The zero-order chi connectivity index (χ0) is 14.2. The van der Waals surface area contributed by atoms with Crippen molar-refractivity contribution in [1.82, 2.24) is 10.0 Å². The molecule has 8 heteroatoms. The normalized spacial score (nSPS) is 24.4. The highest BCUT2D eigenvalue weighted by molar-refractivity contribution is 7.89. The van der Waals surface area contributed by atoms with Gasteiger partial charge in [0.25, 0.3) is 0 Å². The highest BCUT2D eigenvalue weighted by atomic mass is 35.5.